The van der Waals surface area contributed by atoms with Crippen LogP contribution < -0.4 is 5.73 Å². The van der Waals surface area contributed by atoms with E-state index in [1.807, 2.05) is 13.0 Å². The van der Waals surface area contributed by atoms with Gasteiger partial charge >= 0.3 is 0 Å². The minimum atomic E-state index is -3.53. The summed E-state index contributed by atoms with van der Waals surface area (Å²) in [6.45, 7) is 1.81. The molecule has 0 spiro atoms. The number of aromatic nitrogens is 1. The molecule has 0 aliphatic rings. The van der Waals surface area contributed by atoms with E-state index in [4.69, 9.17) is 17.3 Å². The van der Waals surface area contributed by atoms with Crippen molar-refractivity contribution in [2.24, 2.45) is 0 Å². The second-order valence-electron chi connectivity index (χ2n) is 4.22. The van der Waals surface area contributed by atoms with Crippen LogP contribution in [0.3, 0.4) is 0 Å². The predicted octanol–water partition coefficient (Wildman–Crippen LogP) is 2.60. The summed E-state index contributed by atoms with van der Waals surface area (Å²) in [4.78, 5) is 4.26. The molecule has 0 amide bonds. The molecule has 2 rings (SSSR count). The Morgan fingerprint density at radius 3 is 2.63 bits per heavy atom. The number of rotatable bonds is 3. The third kappa shape index (κ3) is 3.24. The van der Waals surface area contributed by atoms with Crippen LogP contribution in [-0.2, 0) is 15.6 Å². The Hall–Kier alpha value is -1.59. The third-order valence-corrected chi connectivity index (χ3v) is 4.70. The maximum Gasteiger partial charge on any atom is 0.185 e. The van der Waals surface area contributed by atoms with Gasteiger partial charge in [-0.1, -0.05) is 17.7 Å². The van der Waals surface area contributed by atoms with Crippen LogP contribution in [-0.4, -0.2) is 13.4 Å². The zero-order valence-corrected chi connectivity index (χ0v) is 11.9. The van der Waals surface area contributed by atoms with Gasteiger partial charge < -0.3 is 5.73 Å². The highest BCUT2D eigenvalue weighted by Gasteiger charge is 2.19. The summed E-state index contributed by atoms with van der Waals surface area (Å²) in [6, 6.07) is 9.63. The largest absolute Gasteiger partial charge is 0.399 e. The van der Waals surface area contributed by atoms with Crippen molar-refractivity contribution in [2.75, 3.05) is 5.73 Å². The number of halogens is 1. The van der Waals surface area contributed by atoms with Gasteiger partial charge in [0.2, 0.25) is 0 Å². The lowest BCUT2D eigenvalue weighted by Crippen LogP contribution is -2.07. The molecular formula is C13H13ClN2O2S. The van der Waals surface area contributed by atoms with Crippen LogP contribution in [0.4, 0.5) is 5.69 Å². The molecule has 1 heterocycles. The molecule has 100 valence electrons. The normalized spacial score (nSPS) is 11.5. The molecule has 0 atom stereocenters. The van der Waals surface area contributed by atoms with Crippen molar-refractivity contribution >= 4 is 27.1 Å². The van der Waals surface area contributed by atoms with Crippen molar-refractivity contribution in [1.82, 2.24) is 4.98 Å². The Labute approximate surface area is 117 Å². The van der Waals surface area contributed by atoms with Gasteiger partial charge in [0.25, 0.3) is 0 Å². The van der Waals surface area contributed by atoms with E-state index in [1.54, 1.807) is 12.1 Å². The first-order chi connectivity index (χ1) is 8.88. The van der Waals surface area contributed by atoms with Crippen LogP contribution in [0.5, 0.6) is 0 Å². The van der Waals surface area contributed by atoms with Crippen molar-refractivity contribution in [3.8, 4) is 0 Å². The molecule has 2 N–H and O–H groups in total. The smallest absolute Gasteiger partial charge is 0.185 e. The Kier molecular flexibility index (Phi) is 3.78. The Morgan fingerprint density at radius 2 is 2.00 bits per heavy atom. The molecule has 0 bridgehead atoms. The maximum absolute atomic E-state index is 12.3. The molecule has 0 saturated carbocycles. The van der Waals surface area contributed by atoms with Gasteiger partial charge in [0, 0.05) is 11.4 Å². The number of hydrogen-bond acceptors (Lipinski definition) is 4. The van der Waals surface area contributed by atoms with Crippen LogP contribution in [0, 0.1) is 6.92 Å². The molecule has 0 fully saturated rings. The number of nitrogens with zero attached hydrogens (tertiary/aromatic N) is 1. The van der Waals surface area contributed by atoms with Crippen LogP contribution in [0.2, 0.25) is 5.02 Å². The number of hydrogen-bond donors (Lipinski definition) is 1. The molecule has 19 heavy (non-hydrogen) atoms. The quantitative estimate of drug-likeness (QED) is 0.884. The fraction of sp³-hybridized carbons (Fsp3) is 0.154. The van der Waals surface area contributed by atoms with E-state index in [1.165, 1.54) is 18.2 Å². The van der Waals surface area contributed by atoms with Crippen molar-refractivity contribution in [2.45, 2.75) is 17.6 Å². The van der Waals surface area contributed by atoms with E-state index >= 15 is 0 Å². The van der Waals surface area contributed by atoms with Crippen molar-refractivity contribution < 1.29 is 8.42 Å². The van der Waals surface area contributed by atoms with E-state index in [9.17, 15) is 8.42 Å². The average molecular weight is 297 g/mol. The second-order valence-corrected chi connectivity index (χ2v) is 6.58. The highest BCUT2D eigenvalue weighted by atomic mass is 35.5. The van der Waals surface area contributed by atoms with Gasteiger partial charge in [-0.15, -0.1) is 0 Å². The highest BCUT2D eigenvalue weighted by molar-refractivity contribution is 7.90. The molecular weight excluding hydrogens is 284 g/mol. The number of benzene rings is 1. The molecule has 6 heteroatoms. The van der Waals surface area contributed by atoms with Crippen molar-refractivity contribution in [1.29, 1.82) is 0 Å². The zero-order chi connectivity index (χ0) is 14.0. The maximum atomic E-state index is 12.3. The summed E-state index contributed by atoms with van der Waals surface area (Å²) in [5, 5.41) is 0.132. The van der Waals surface area contributed by atoms with Crippen molar-refractivity contribution in [3.63, 3.8) is 0 Å². The first kappa shape index (κ1) is 13.8. The van der Waals surface area contributed by atoms with E-state index in [0.717, 1.165) is 5.69 Å². The van der Waals surface area contributed by atoms with E-state index in [-0.39, 0.29) is 15.7 Å². The summed E-state index contributed by atoms with van der Waals surface area (Å²) in [5.74, 6) is -0.182. The number of anilines is 1. The Bertz CT molecular complexity index is 714. The number of aryl methyl sites for hydroxylation is 1. The number of pyridine rings is 1. The standard InChI is InChI=1S/C13H13ClN2O2S/c1-9-3-2-4-11(16-9)8-19(17,18)13-6-5-10(15)7-12(13)14/h2-7H,8,15H2,1H3. The van der Waals surface area contributed by atoms with Crippen LogP contribution >= 0.6 is 11.6 Å². The Balaban J connectivity index is 2.38. The minimum Gasteiger partial charge on any atom is -0.399 e. The molecule has 0 unspecified atom stereocenters. The predicted molar refractivity (Wildman–Crippen MR) is 75.7 cm³/mol. The van der Waals surface area contributed by atoms with Gasteiger partial charge in [-0.2, -0.15) is 0 Å². The van der Waals surface area contributed by atoms with E-state index < -0.39 is 9.84 Å². The van der Waals surface area contributed by atoms with Gasteiger partial charge in [0.15, 0.2) is 9.84 Å². The number of nitrogen functional groups attached to an aromatic ring is 1. The average Bonchev–Trinajstić information content (AvgIpc) is 2.27. The van der Waals surface area contributed by atoms with E-state index in [0.29, 0.717) is 11.4 Å². The van der Waals surface area contributed by atoms with E-state index in [2.05, 4.69) is 4.98 Å². The highest BCUT2D eigenvalue weighted by Crippen LogP contribution is 2.26. The monoisotopic (exact) mass is 296 g/mol. The summed E-state index contributed by atoms with van der Waals surface area (Å²) >= 11 is 5.93. The molecule has 0 saturated heterocycles. The fourth-order valence-electron chi connectivity index (χ4n) is 1.72. The molecule has 0 aliphatic heterocycles. The lowest BCUT2D eigenvalue weighted by molar-refractivity contribution is 0.594. The van der Waals surface area contributed by atoms with Gasteiger partial charge in [0.05, 0.1) is 21.4 Å². The van der Waals surface area contributed by atoms with Gasteiger partial charge in [-0.25, -0.2) is 8.42 Å². The lowest BCUT2D eigenvalue weighted by Gasteiger charge is -2.07. The molecule has 1 aromatic heterocycles. The number of nitrogens with two attached hydrogens (primary N) is 1. The Morgan fingerprint density at radius 1 is 1.26 bits per heavy atom. The fourth-order valence-corrected chi connectivity index (χ4v) is 3.60. The number of sulfone groups is 1. The molecule has 1 aromatic carbocycles. The SMILES string of the molecule is Cc1cccc(CS(=O)(=O)c2ccc(N)cc2Cl)n1. The van der Waals surface area contributed by atoms with Gasteiger partial charge in [-0.3, -0.25) is 4.98 Å². The van der Waals surface area contributed by atoms with Crippen LogP contribution in [0.25, 0.3) is 0 Å². The molecule has 4 nitrogen and oxygen atoms in total. The minimum absolute atomic E-state index is 0.0756. The summed E-state index contributed by atoms with van der Waals surface area (Å²) in [6.07, 6.45) is 0. The summed E-state index contributed by atoms with van der Waals surface area (Å²) in [5.41, 5.74) is 7.25. The topological polar surface area (TPSA) is 73.0 Å². The molecule has 0 aliphatic carbocycles. The van der Waals surface area contributed by atoms with Gasteiger partial charge in [0.1, 0.15) is 0 Å². The molecule has 0 radical (unpaired) electrons. The van der Waals surface area contributed by atoms with Crippen LogP contribution in [0.15, 0.2) is 41.3 Å². The lowest BCUT2D eigenvalue weighted by atomic mass is 10.3. The van der Waals surface area contributed by atoms with Crippen molar-refractivity contribution in [3.05, 3.63) is 52.8 Å². The third-order valence-electron chi connectivity index (χ3n) is 2.57. The first-order valence-electron chi connectivity index (χ1n) is 5.59. The van der Waals surface area contributed by atoms with Gasteiger partial charge in [-0.05, 0) is 37.3 Å². The second kappa shape index (κ2) is 5.19. The zero-order valence-electron chi connectivity index (χ0n) is 10.3. The molecule has 2 aromatic rings. The first-order valence-corrected chi connectivity index (χ1v) is 7.62. The van der Waals surface area contributed by atoms with Crippen LogP contribution in [0.1, 0.15) is 11.4 Å². The summed E-state index contributed by atoms with van der Waals surface area (Å²) < 4.78 is 24.6. The summed E-state index contributed by atoms with van der Waals surface area (Å²) in [7, 11) is -3.53.